The lowest BCUT2D eigenvalue weighted by Gasteiger charge is -2.35. The summed E-state index contributed by atoms with van der Waals surface area (Å²) in [6.07, 6.45) is 3.69. The lowest BCUT2D eigenvalue weighted by atomic mass is 10.2. The minimum absolute atomic E-state index is 0.130. The third-order valence-corrected chi connectivity index (χ3v) is 3.04. The van der Waals surface area contributed by atoms with Crippen LogP contribution in [0.4, 0.5) is 11.9 Å². The summed E-state index contributed by atoms with van der Waals surface area (Å²) in [5.74, 6) is 1.17. The molecular formula is C12H17N7O. The van der Waals surface area contributed by atoms with Gasteiger partial charge in [0.1, 0.15) is 0 Å². The molecule has 1 aliphatic rings. The summed E-state index contributed by atoms with van der Waals surface area (Å²) in [5, 5.41) is 4.11. The summed E-state index contributed by atoms with van der Waals surface area (Å²) in [5.41, 5.74) is 5.78. The zero-order valence-electron chi connectivity index (χ0n) is 11.5. The van der Waals surface area contributed by atoms with Crippen molar-refractivity contribution in [2.45, 2.75) is 26.1 Å². The number of hydrogen-bond donors (Lipinski definition) is 1. The maximum atomic E-state index is 5.78. The third kappa shape index (κ3) is 2.55. The second-order valence-electron chi connectivity index (χ2n) is 4.91. The van der Waals surface area contributed by atoms with E-state index >= 15 is 0 Å². The Balaban J connectivity index is 1.93. The van der Waals surface area contributed by atoms with Crippen LogP contribution in [0.1, 0.15) is 13.8 Å². The smallest absolute Gasteiger partial charge is 0.257 e. The average Bonchev–Trinajstić information content (AvgIpc) is 2.90. The first-order valence-corrected chi connectivity index (χ1v) is 6.54. The van der Waals surface area contributed by atoms with Crippen LogP contribution in [-0.4, -0.2) is 50.0 Å². The van der Waals surface area contributed by atoms with Crippen molar-refractivity contribution in [1.29, 1.82) is 0 Å². The van der Waals surface area contributed by atoms with Crippen LogP contribution in [0.15, 0.2) is 18.5 Å². The number of nitrogen functional groups attached to an aromatic ring is 1. The Morgan fingerprint density at radius 2 is 1.85 bits per heavy atom. The van der Waals surface area contributed by atoms with Gasteiger partial charge in [-0.15, -0.1) is 0 Å². The highest BCUT2D eigenvalue weighted by atomic mass is 16.5. The van der Waals surface area contributed by atoms with Crippen molar-refractivity contribution >= 4 is 11.9 Å². The molecule has 0 radical (unpaired) electrons. The Morgan fingerprint density at radius 3 is 2.50 bits per heavy atom. The molecule has 0 aliphatic carbocycles. The lowest BCUT2D eigenvalue weighted by molar-refractivity contribution is -0.00572. The molecule has 3 rings (SSSR count). The van der Waals surface area contributed by atoms with Gasteiger partial charge in [0.15, 0.2) is 0 Å². The van der Waals surface area contributed by atoms with E-state index in [1.807, 2.05) is 13.8 Å². The van der Waals surface area contributed by atoms with E-state index in [1.54, 1.807) is 23.1 Å². The standard InChI is InChI=1S/C12H17N7O/c1-8-6-18(7-9(2)20-8)11-15-10(13)16-12(17-11)19-5-3-4-14-19/h3-5,8-9H,6-7H2,1-2H3,(H2,13,15,16,17). The molecule has 20 heavy (non-hydrogen) atoms. The second-order valence-corrected chi connectivity index (χ2v) is 4.91. The summed E-state index contributed by atoms with van der Waals surface area (Å²) in [7, 11) is 0. The summed E-state index contributed by atoms with van der Waals surface area (Å²) in [6, 6.07) is 1.80. The highest BCUT2D eigenvalue weighted by Crippen LogP contribution is 2.17. The van der Waals surface area contributed by atoms with Gasteiger partial charge >= 0.3 is 0 Å². The largest absolute Gasteiger partial charge is 0.372 e. The van der Waals surface area contributed by atoms with Crippen LogP contribution in [0.2, 0.25) is 0 Å². The van der Waals surface area contributed by atoms with Crippen LogP contribution >= 0.6 is 0 Å². The van der Waals surface area contributed by atoms with E-state index in [4.69, 9.17) is 10.5 Å². The summed E-state index contributed by atoms with van der Waals surface area (Å²) >= 11 is 0. The number of rotatable bonds is 2. The Kier molecular flexibility index (Phi) is 3.23. The monoisotopic (exact) mass is 275 g/mol. The van der Waals surface area contributed by atoms with Gasteiger partial charge in [-0.1, -0.05) is 0 Å². The molecule has 3 heterocycles. The van der Waals surface area contributed by atoms with Crippen molar-refractivity contribution in [3.05, 3.63) is 18.5 Å². The molecule has 0 saturated carbocycles. The molecule has 0 amide bonds. The number of nitrogens with two attached hydrogens (primary N) is 1. The fourth-order valence-electron chi connectivity index (χ4n) is 2.34. The molecule has 0 bridgehead atoms. The summed E-state index contributed by atoms with van der Waals surface area (Å²) in [4.78, 5) is 14.8. The van der Waals surface area contributed by atoms with E-state index < -0.39 is 0 Å². The molecule has 1 aliphatic heterocycles. The Morgan fingerprint density at radius 1 is 1.15 bits per heavy atom. The molecular weight excluding hydrogens is 258 g/mol. The van der Waals surface area contributed by atoms with Gasteiger partial charge in [0.25, 0.3) is 5.95 Å². The minimum atomic E-state index is 0.130. The number of morpholine rings is 1. The van der Waals surface area contributed by atoms with E-state index in [1.165, 1.54) is 0 Å². The molecule has 0 spiro atoms. The highest BCUT2D eigenvalue weighted by molar-refractivity contribution is 5.38. The third-order valence-electron chi connectivity index (χ3n) is 3.04. The highest BCUT2D eigenvalue weighted by Gasteiger charge is 2.25. The number of anilines is 2. The zero-order valence-corrected chi connectivity index (χ0v) is 11.5. The first-order chi connectivity index (χ1) is 9.61. The predicted octanol–water partition coefficient (Wildman–Crippen LogP) is 0.253. The molecule has 1 fully saturated rings. The topological polar surface area (TPSA) is 95.0 Å². The summed E-state index contributed by atoms with van der Waals surface area (Å²) in [6.45, 7) is 5.52. The van der Waals surface area contributed by atoms with Gasteiger partial charge < -0.3 is 15.4 Å². The number of ether oxygens (including phenoxy) is 1. The molecule has 0 aromatic carbocycles. The average molecular weight is 275 g/mol. The van der Waals surface area contributed by atoms with Gasteiger partial charge in [-0.05, 0) is 19.9 Å². The van der Waals surface area contributed by atoms with Gasteiger partial charge in [0.2, 0.25) is 11.9 Å². The van der Waals surface area contributed by atoms with Crippen molar-refractivity contribution < 1.29 is 4.74 Å². The quantitative estimate of drug-likeness (QED) is 0.839. The molecule has 2 atom stereocenters. The number of aromatic nitrogens is 5. The maximum absolute atomic E-state index is 5.78. The van der Waals surface area contributed by atoms with E-state index in [0.717, 1.165) is 13.1 Å². The molecule has 8 heteroatoms. The molecule has 106 valence electrons. The normalized spacial score (nSPS) is 23.0. The van der Waals surface area contributed by atoms with E-state index in [9.17, 15) is 0 Å². The first-order valence-electron chi connectivity index (χ1n) is 6.54. The van der Waals surface area contributed by atoms with E-state index in [-0.39, 0.29) is 18.2 Å². The van der Waals surface area contributed by atoms with Crippen LogP contribution in [0.25, 0.3) is 5.95 Å². The van der Waals surface area contributed by atoms with Crippen LogP contribution in [-0.2, 0) is 4.74 Å². The number of nitrogens with zero attached hydrogens (tertiary/aromatic N) is 6. The van der Waals surface area contributed by atoms with Crippen LogP contribution < -0.4 is 10.6 Å². The van der Waals surface area contributed by atoms with Gasteiger partial charge in [-0.25, -0.2) is 4.68 Å². The molecule has 2 N–H and O–H groups in total. The van der Waals surface area contributed by atoms with Crippen molar-refractivity contribution in [1.82, 2.24) is 24.7 Å². The molecule has 2 aromatic rings. The van der Waals surface area contributed by atoms with Crippen LogP contribution in [0, 0.1) is 0 Å². The molecule has 1 saturated heterocycles. The van der Waals surface area contributed by atoms with Gasteiger partial charge in [-0.3, -0.25) is 0 Å². The van der Waals surface area contributed by atoms with Crippen molar-refractivity contribution in [2.75, 3.05) is 23.7 Å². The van der Waals surface area contributed by atoms with Gasteiger partial charge in [-0.2, -0.15) is 20.1 Å². The van der Waals surface area contributed by atoms with E-state index in [0.29, 0.717) is 11.9 Å². The van der Waals surface area contributed by atoms with Crippen LogP contribution in [0.5, 0.6) is 0 Å². The van der Waals surface area contributed by atoms with Gasteiger partial charge in [0, 0.05) is 25.5 Å². The second kappa shape index (κ2) is 5.04. The van der Waals surface area contributed by atoms with Crippen molar-refractivity contribution in [3.63, 3.8) is 0 Å². The first kappa shape index (κ1) is 12.8. The van der Waals surface area contributed by atoms with Crippen molar-refractivity contribution in [3.8, 4) is 5.95 Å². The predicted molar refractivity (Wildman–Crippen MR) is 73.6 cm³/mol. The Labute approximate surface area is 116 Å². The lowest BCUT2D eigenvalue weighted by Crippen LogP contribution is -2.46. The van der Waals surface area contributed by atoms with E-state index in [2.05, 4.69) is 25.0 Å². The van der Waals surface area contributed by atoms with Crippen LogP contribution in [0.3, 0.4) is 0 Å². The fraction of sp³-hybridized carbons (Fsp3) is 0.500. The molecule has 8 nitrogen and oxygen atoms in total. The minimum Gasteiger partial charge on any atom is -0.372 e. The Bertz CT molecular complexity index is 575. The fourth-order valence-corrected chi connectivity index (χ4v) is 2.34. The van der Waals surface area contributed by atoms with Crippen molar-refractivity contribution in [2.24, 2.45) is 0 Å². The maximum Gasteiger partial charge on any atom is 0.257 e. The molecule has 2 aromatic heterocycles. The summed E-state index contributed by atoms with van der Waals surface area (Å²) < 4.78 is 7.27. The SMILES string of the molecule is CC1CN(c2nc(N)nc(-n3cccn3)n2)CC(C)O1. The zero-order chi connectivity index (χ0) is 14.1. The number of hydrogen-bond acceptors (Lipinski definition) is 7. The molecule has 2 unspecified atom stereocenters. The Hall–Kier alpha value is -2.22. The van der Waals surface area contributed by atoms with Gasteiger partial charge in [0.05, 0.1) is 12.2 Å².